The van der Waals surface area contributed by atoms with Gasteiger partial charge in [0.1, 0.15) is 5.76 Å². The quantitative estimate of drug-likeness (QED) is 0.499. The van der Waals surface area contributed by atoms with Crippen LogP contribution in [0.1, 0.15) is 43.6 Å². The molecule has 1 heterocycles. The molecule has 0 aliphatic rings. The van der Waals surface area contributed by atoms with Gasteiger partial charge in [0.2, 0.25) is 0 Å². The molecule has 1 N–H and O–H groups in total. The fraction of sp³-hybridized carbons (Fsp3) is 0.240. The van der Waals surface area contributed by atoms with Gasteiger partial charge in [-0.05, 0) is 48.2 Å². The Morgan fingerprint density at radius 3 is 2.38 bits per heavy atom. The lowest BCUT2D eigenvalue weighted by molar-refractivity contribution is 0.209. The highest BCUT2D eigenvalue weighted by atomic mass is 16.3. The number of benzene rings is 2. The van der Waals surface area contributed by atoms with Crippen molar-refractivity contribution in [3.8, 4) is 0 Å². The molecular formula is C25H28N2O2. The van der Waals surface area contributed by atoms with Gasteiger partial charge in [-0.2, -0.15) is 0 Å². The minimum atomic E-state index is -0.153. The highest BCUT2D eigenvalue weighted by Crippen LogP contribution is 2.18. The van der Waals surface area contributed by atoms with Crippen LogP contribution in [0.3, 0.4) is 0 Å². The normalized spacial score (nSPS) is 11.5. The number of hydrogen-bond acceptors (Lipinski definition) is 2. The predicted octanol–water partition coefficient (Wildman–Crippen LogP) is 6.54. The van der Waals surface area contributed by atoms with Gasteiger partial charge in [0.15, 0.2) is 0 Å². The maximum atomic E-state index is 13.0. The molecule has 0 fully saturated rings. The van der Waals surface area contributed by atoms with Gasteiger partial charge >= 0.3 is 6.03 Å². The Labute approximate surface area is 172 Å². The van der Waals surface area contributed by atoms with Crippen molar-refractivity contribution in [3.63, 3.8) is 0 Å². The number of amides is 2. The summed E-state index contributed by atoms with van der Waals surface area (Å²) in [6.45, 7) is 7.25. The van der Waals surface area contributed by atoms with Gasteiger partial charge in [-0.15, -0.1) is 0 Å². The molecule has 3 rings (SSSR count). The van der Waals surface area contributed by atoms with Crippen LogP contribution in [0.25, 0.3) is 6.08 Å². The number of hydrogen-bond donors (Lipinski definition) is 1. The molecule has 0 atom stereocenters. The lowest BCUT2D eigenvalue weighted by Crippen LogP contribution is -2.35. The molecule has 3 aromatic rings. The molecule has 4 nitrogen and oxygen atoms in total. The van der Waals surface area contributed by atoms with Crippen LogP contribution in [0.4, 0.5) is 10.5 Å². The van der Waals surface area contributed by atoms with Gasteiger partial charge in [0, 0.05) is 12.2 Å². The van der Waals surface area contributed by atoms with Crippen molar-refractivity contribution in [1.82, 2.24) is 4.90 Å². The van der Waals surface area contributed by atoms with Crippen molar-refractivity contribution in [2.75, 3.05) is 11.9 Å². The first-order chi connectivity index (χ1) is 14.0. The largest absolute Gasteiger partial charge is 0.467 e. The van der Waals surface area contributed by atoms with Gasteiger partial charge in [0.25, 0.3) is 0 Å². The van der Waals surface area contributed by atoms with E-state index in [0.717, 1.165) is 22.6 Å². The van der Waals surface area contributed by atoms with Crippen molar-refractivity contribution in [2.45, 2.75) is 33.2 Å². The molecule has 0 saturated heterocycles. The molecule has 0 unspecified atom stereocenters. The van der Waals surface area contributed by atoms with Crippen molar-refractivity contribution in [2.24, 2.45) is 0 Å². The molecule has 2 aromatic carbocycles. The van der Waals surface area contributed by atoms with Crippen LogP contribution in [0, 0.1) is 0 Å². The average molecular weight is 389 g/mol. The second-order valence-corrected chi connectivity index (χ2v) is 7.54. The standard InChI is InChI=1S/C25H28N2O2/c1-19(2)22-11-13-23(14-12-22)26-25(28)27(18-24-10-7-15-29-24)17-20(3)16-21-8-5-4-6-9-21/h4-16,19H,17-18H2,1-3H3,(H,26,28)/b20-16+. The Bertz CT molecular complexity index is 927. The summed E-state index contributed by atoms with van der Waals surface area (Å²) < 4.78 is 5.47. The van der Waals surface area contributed by atoms with Gasteiger partial charge < -0.3 is 14.6 Å². The Hall–Kier alpha value is -3.27. The molecule has 29 heavy (non-hydrogen) atoms. The summed E-state index contributed by atoms with van der Waals surface area (Å²) >= 11 is 0. The van der Waals surface area contributed by atoms with E-state index in [1.54, 1.807) is 11.2 Å². The highest BCUT2D eigenvalue weighted by Gasteiger charge is 2.16. The molecule has 4 heteroatoms. The third kappa shape index (κ3) is 6.11. The minimum Gasteiger partial charge on any atom is -0.467 e. The molecule has 0 aliphatic carbocycles. The van der Waals surface area contributed by atoms with Crippen molar-refractivity contribution in [3.05, 3.63) is 95.5 Å². The number of anilines is 1. The summed E-state index contributed by atoms with van der Waals surface area (Å²) in [6.07, 6.45) is 3.72. The molecule has 0 spiro atoms. The van der Waals surface area contributed by atoms with Crippen LogP contribution in [-0.4, -0.2) is 17.5 Å². The summed E-state index contributed by atoms with van der Waals surface area (Å²) in [7, 11) is 0. The van der Waals surface area contributed by atoms with Crippen LogP contribution >= 0.6 is 0 Å². The molecule has 150 valence electrons. The SMILES string of the molecule is C/C(=C\c1ccccc1)CN(Cc1ccco1)C(=O)Nc1ccc(C(C)C)cc1. The molecular weight excluding hydrogens is 360 g/mol. The van der Waals surface area contributed by atoms with E-state index < -0.39 is 0 Å². The number of furan rings is 1. The smallest absolute Gasteiger partial charge is 0.322 e. The summed E-state index contributed by atoms with van der Waals surface area (Å²) in [5.74, 6) is 1.21. The summed E-state index contributed by atoms with van der Waals surface area (Å²) in [4.78, 5) is 14.7. The zero-order valence-electron chi connectivity index (χ0n) is 17.3. The number of nitrogens with zero attached hydrogens (tertiary/aromatic N) is 1. The maximum Gasteiger partial charge on any atom is 0.322 e. The van der Waals surface area contributed by atoms with Crippen molar-refractivity contribution >= 4 is 17.8 Å². The lowest BCUT2D eigenvalue weighted by Gasteiger charge is -2.23. The summed E-state index contributed by atoms with van der Waals surface area (Å²) in [5.41, 5.74) is 4.24. The first kappa shape index (κ1) is 20.5. The van der Waals surface area contributed by atoms with E-state index in [4.69, 9.17) is 4.42 Å². The van der Waals surface area contributed by atoms with E-state index in [2.05, 4.69) is 49.5 Å². The van der Waals surface area contributed by atoms with E-state index in [-0.39, 0.29) is 6.03 Å². The summed E-state index contributed by atoms with van der Waals surface area (Å²) in [6, 6.07) is 21.7. The average Bonchev–Trinajstić information content (AvgIpc) is 3.22. The zero-order chi connectivity index (χ0) is 20.6. The molecule has 2 amide bonds. The molecule has 0 radical (unpaired) electrons. The van der Waals surface area contributed by atoms with Crippen molar-refractivity contribution < 1.29 is 9.21 Å². The maximum absolute atomic E-state index is 13.0. The van der Waals surface area contributed by atoms with Crippen LogP contribution < -0.4 is 5.32 Å². The molecule has 0 saturated carbocycles. The van der Waals surface area contributed by atoms with E-state index in [9.17, 15) is 4.79 Å². The van der Waals surface area contributed by atoms with Crippen LogP contribution in [0.5, 0.6) is 0 Å². The Kier molecular flexibility index (Phi) is 6.90. The third-order valence-corrected chi connectivity index (χ3v) is 4.70. The Balaban J connectivity index is 1.73. The molecule has 1 aromatic heterocycles. The zero-order valence-corrected chi connectivity index (χ0v) is 17.3. The number of carbonyl (C=O) groups is 1. The van der Waals surface area contributed by atoms with Gasteiger partial charge in [-0.3, -0.25) is 0 Å². The summed E-state index contributed by atoms with van der Waals surface area (Å²) in [5, 5.41) is 3.01. The predicted molar refractivity (Wildman–Crippen MR) is 119 cm³/mol. The Morgan fingerprint density at radius 1 is 1.03 bits per heavy atom. The molecule has 0 aliphatic heterocycles. The van der Waals surface area contributed by atoms with E-state index in [0.29, 0.717) is 19.0 Å². The second-order valence-electron chi connectivity index (χ2n) is 7.54. The Morgan fingerprint density at radius 2 is 1.76 bits per heavy atom. The van der Waals surface area contributed by atoms with Crippen LogP contribution in [0.2, 0.25) is 0 Å². The van der Waals surface area contributed by atoms with Crippen molar-refractivity contribution in [1.29, 1.82) is 0 Å². The molecule has 0 bridgehead atoms. The minimum absolute atomic E-state index is 0.153. The number of urea groups is 1. The van der Waals surface area contributed by atoms with Gasteiger partial charge in [-0.25, -0.2) is 4.79 Å². The lowest BCUT2D eigenvalue weighted by atomic mass is 10.0. The van der Waals surface area contributed by atoms with Gasteiger partial charge in [0.05, 0.1) is 12.8 Å². The number of carbonyl (C=O) groups excluding carboxylic acids is 1. The number of nitrogens with one attached hydrogen (secondary N) is 1. The highest BCUT2D eigenvalue weighted by molar-refractivity contribution is 5.89. The second kappa shape index (κ2) is 9.78. The van der Waals surface area contributed by atoms with E-state index >= 15 is 0 Å². The monoisotopic (exact) mass is 388 g/mol. The van der Waals surface area contributed by atoms with E-state index in [1.165, 1.54) is 5.56 Å². The van der Waals surface area contributed by atoms with Crippen LogP contribution in [-0.2, 0) is 6.54 Å². The fourth-order valence-electron chi connectivity index (χ4n) is 3.12. The topological polar surface area (TPSA) is 45.5 Å². The first-order valence-electron chi connectivity index (χ1n) is 9.92. The van der Waals surface area contributed by atoms with Crippen LogP contribution in [0.15, 0.2) is 83.0 Å². The first-order valence-corrected chi connectivity index (χ1v) is 9.92. The van der Waals surface area contributed by atoms with Gasteiger partial charge in [-0.1, -0.05) is 68.0 Å². The van der Waals surface area contributed by atoms with E-state index in [1.807, 2.05) is 49.4 Å². The third-order valence-electron chi connectivity index (χ3n) is 4.70. The number of rotatable bonds is 7. The fourth-order valence-corrected chi connectivity index (χ4v) is 3.12.